The Kier molecular flexibility index (Phi) is 4.70. The van der Waals surface area contributed by atoms with Gasteiger partial charge in [-0.3, -0.25) is 4.90 Å². The fourth-order valence-corrected chi connectivity index (χ4v) is 2.12. The Balaban J connectivity index is 2.51. The van der Waals surface area contributed by atoms with E-state index in [2.05, 4.69) is 36.0 Å². The smallest absolute Gasteiger partial charge is 0.0795 e. The van der Waals surface area contributed by atoms with E-state index >= 15 is 0 Å². The van der Waals surface area contributed by atoms with Crippen molar-refractivity contribution in [1.29, 1.82) is 0 Å². The lowest BCUT2D eigenvalue weighted by molar-refractivity contribution is 0.145. The summed E-state index contributed by atoms with van der Waals surface area (Å²) in [7, 11) is 0. The quantitative estimate of drug-likeness (QED) is 0.837. The lowest BCUT2D eigenvalue weighted by atomic mass is 9.96. The maximum atomic E-state index is 9.00. The lowest BCUT2D eigenvalue weighted by Gasteiger charge is -2.28. The summed E-state index contributed by atoms with van der Waals surface area (Å²) in [5.41, 5.74) is 3.20. The molecular formula is C11H20N2OS. The average Bonchev–Trinajstić information content (AvgIpc) is 2.54. The van der Waals surface area contributed by atoms with E-state index in [0.29, 0.717) is 0 Å². The topological polar surface area (TPSA) is 36.4 Å². The van der Waals surface area contributed by atoms with Crippen LogP contribution in [0.15, 0.2) is 10.9 Å². The summed E-state index contributed by atoms with van der Waals surface area (Å²) in [5.74, 6) is 0. The molecule has 0 amide bonds. The van der Waals surface area contributed by atoms with Crippen molar-refractivity contribution in [1.82, 2.24) is 9.88 Å². The molecule has 0 aliphatic rings. The van der Waals surface area contributed by atoms with Crippen molar-refractivity contribution >= 4 is 11.3 Å². The maximum Gasteiger partial charge on any atom is 0.0795 e. The molecule has 1 heterocycles. The van der Waals surface area contributed by atoms with Crippen LogP contribution in [0.5, 0.6) is 0 Å². The zero-order valence-electron chi connectivity index (χ0n) is 9.73. The molecule has 0 bridgehead atoms. The monoisotopic (exact) mass is 228 g/mol. The molecule has 0 fully saturated rings. The van der Waals surface area contributed by atoms with E-state index < -0.39 is 0 Å². The van der Waals surface area contributed by atoms with Gasteiger partial charge in [0.05, 0.1) is 17.8 Å². The third-order valence-electron chi connectivity index (χ3n) is 1.98. The van der Waals surface area contributed by atoms with Crippen LogP contribution in [0, 0.1) is 5.41 Å². The van der Waals surface area contributed by atoms with E-state index in [4.69, 9.17) is 5.11 Å². The Morgan fingerprint density at radius 1 is 1.47 bits per heavy atom. The largest absolute Gasteiger partial charge is 0.395 e. The Bertz CT molecular complexity index is 267. The first-order valence-electron chi connectivity index (χ1n) is 5.21. The van der Waals surface area contributed by atoms with Gasteiger partial charge in [0.1, 0.15) is 0 Å². The zero-order chi connectivity index (χ0) is 11.3. The van der Waals surface area contributed by atoms with Crippen LogP contribution in [0.3, 0.4) is 0 Å². The predicted molar refractivity (Wildman–Crippen MR) is 63.9 cm³/mol. The highest BCUT2D eigenvalue weighted by atomic mass is 32.1. The van der Waals surface area contributed by atoms with E-state index in [0.717, 1.165) is 25.3 Å². The minimum Gasteiger partial charge on any atom is -0.395 e. The van der Waals surface area contributed by atoms with Crippen LogP contribution in [0.1, 0.15) is 26.5 Å². The normalized spacial score (nSPS) is 12.3. The van der Waals surface area contributed by atoms with Gasteiger partial charge in [-0.05, 0) is 5.41 Å². The third-order valence-corrected chi connectivity index (χ3v) is 2.62. The predicted octanol–water partition coefficient (Wildman–Crippen LogP) is 1.98. The lowest BCUT2D eigenvalue weighted by Crippen LogP contribution is -2.34. The van der Waals surface area contributed by atoms with Crippen molar-refractivity contribution < 1.29 is 5.11 Å². The number of nitrogens with zero attached hydrogens (tertiary/aromatic N) is 2. The molecule has 1 rings (SSSR count). The summed E-state index contributed by atoms with van der Waals surface area (Å²) < 4.78 is 0. The third kappa shape index (κ3) is 5.25. The molecule has 0 radical (unpaired) electrons. The fraction of sp³-hybridized carbons (Fsp3) is 0.727. The van der Waals surface area contributed by atoms with Gasteiger partial charge in [-0.15, -0.1) is 11.3 Å². The molecule has 0 aliphatic heterocycles. The molecular weight excluding hydrogens is 208 g/mol. The molecule has 0 spiro atoms. The highest BCUT2D eigenvalue weighted by Gasteiger charge is 2.16. The van der Waals surface area contributed by atoms with E-state index in [1.54, 1.807) is 11.3 Å². The van der Waals surface area contributed by atoms with Gasteiger partial charge in [0.25, 0.3) is 0 Å². The molecule has 0 aliphatic carbocycles. The van der Waals surface area contributed by atoms with Crippen molar-refractivity contribution in [2.24, 2.45) is 5.41 Å². The second kappa shape index (κ2) is 5.58. The molecule has 86 valence electrons. The van der Waals surface area contributed by atoms with Gasteiger partial charge in [-0.2, -0.15) is 0 Å². The zero-order valence-corrected chi connectivity index (χ0v) is 10.5. The van der Waals surface area contributed by atoms with Gasteiger partial charge in [0.15, 0.2) is 0 Å². The summed E-state index contributed by atoms with van der Waals surface area (Å²) in [6.45, 7) is 9.36. The molecule has 0 aromatic carbocycles. The molecule has 1 aromatic rings. The van der Waals surface area contributed by atoms with Crippen LogP contribution in [-0.4, -0.2) is 34.7 Å². The van der Waals surface area contributed by atoms with Crippen LogP contribution in [0.2, 0.25) is 0 Å². The van der Waals surface area contributed by atoms with Crippen LogP contribution < -0.4 is 0 Å². The molecule has 3 nitrogen and oxygen atoms in total. The van der Waals surface area contributed by atoms with Crippen molar-refractivity contribution in [3.63, 3.8) is 0 Å². The summed E-state index contributed by atoms with van der Waals surface area (Å²) in [6.07, 6.45) is 0. The molecule has 0 saturated carbocycles. The van der Waals surface area contributed by atoms with Crippen molar-refractivity contribution in [2.45, 2.75) is 27.3 Å². The average molecular weight is 228 g/mol. The van der Waals surface area contributed by atoms with Crippen molar-refractivity contribution in [2.75, 3.05) is 19.7 Å². The minimum atomic E-state index is 0.209. The summed E-state index contributed by atoms with van der Waals surface area (Å²) in [6, 6.07) is 0. The highest BCUT2D eigenvalue weighted by Crippen LogP contribution is 2.16. The maximum absolute atomic E-state index is 9.00. The van der Waals surface area contributed by atoms with Crippen LogP contribution in [0.4, 0.5) is 0 Å². The number of rotatable bonds is 5. The number of aromatic nitrogens is 1. The van der Waals surface area contributed by atoms with Gasteiger partial charge >= 0.3 is 0 Å². The van der Waals surface area contributed by atoms with Crippen LogP contribution in [0.25, 0.3) is 0 Å². The number of hydrogen-bond donors (Lipinski definition) is 1. The van der Waals surface area contributed by atoms with E-state index in [1.165, 1.54) is 0 Å². The number of aliphatic hydroxyl groups is 1. The highest BCUT2D eigenvalue weighted by molar-refractivity contribution is 7.07. The van der Waals surface area contributed by atoms with Gasteiger partial charge in [-0.1, -0.05) is 20.8 Å². The fourth-order valence-electron chi connectivity index (χ4n) is 1.57. The second-order valence-electron chi connectivity index (χ2n) is 4.97. The first-order chi connectivity index (χ1) is 7.01. The Morgan fingerprint density at radius 3 is 2.67 bits per heavy atom. The van der Waals surface area contributed by atoms with Crippen LogP contribution >= 0.6 is 11.3 Å². The van der Waals surface area contributed by atoms with Gasteiger partial charge < -0.3 is 5.11 Å². The Morgan fingerprint density at radius 2 is 2.20 bits per heavy atom. The molecule has 4 heteroatoms. The minimum absolute atomic E-state index is 0.209. The molecule has 1 aromatic heterocycles. The number of thiazole rings is 1. The van der Waals surface area contributed by atoms with E-state index in [9.17, 15) is 0 Å². The summed E-state index contributed by atoms with van der Waals surface area (Å²) >= 11 is 1.62. The molecule has 0 saturated heterocycles. The SMILES string of the molecule is CC(C)(C)CN(CCO)Cc1cscn1. The Labute approximate surface area is 95.8 Å². The number of hydrogen-bond acceptors (Lipinski definition) is 4. The van der Waals surface area contributed by atoms with E-state index in [1.807, 2.05) is 5.51 Å². The first-order valence-corrected chi connectivity index (χ1v) is 6.16. The van der Waals surface area contributed by atoms with Gasteiger partial charge in [0, 0.05) is 25.0 Å². The van der Waals surface area contributed by atoms with Gasteiger partial charge in [0.2, 0.25) is 0 Å². The first kappa shape index (κ1) is 12.6. The molecule has 1 N–H and O–H groups in total. The van der Waals surface area contributed by atoms with Crippen molar-refractivity contribution in [3.8, 4) is 0 Å². The summed E-state index contributed by atoms with van der Waals surface area (Å²) in [4.78, 5) is 6.51. The Hall–Kier alpha value is -0.450. The van der Waals surface area contributed by atoms with E-state index in [-0.39, 0.29) is 12.0 Å². The van der Waals surface area contributed by atoms with Crippen molar-refractivity contribution in [3.05, 3.63) is 16.6 Å². The van der Waals surface area contributed by atoms with Crippen LogP contribution in [-0.2, 0) is 6.54 Å². The molecule has 0 unspecified atom stereocenters. The summed E-state index contributed by atoms with van der Waals surface area (Å²) in [5, 5.41) is 11.1. The molecule has 15 heavy (non-hydrogen) atoms. The number of aliphatic hydroxyl groups excluding tert-OH is 1. The van der Waals surface area contributed by atoms with Gasteiger partial charge in [-0.25, -0.2) is 4.98 Å². The standard InChI is InChI=1S/C11H20N2OS/c1-11(2,3)8-13(4-5-14)6-10-7-15-9-12-10/h7,9,14H,4-6,8H2,1-3H3. The second-order valence-corrected chi connectivity index (χ2v) is 5.69. The molecule has 0 atom stereocenters.